The topological polar surface area (TPSA) is 49.4 Å². The van der Waals surface area contributed by atoms with Crippen molar-refractivity contribution in [1.82, 2.24) is 9.03 Å². The minimum Gasteiger partial charge on any atom is -0.195 e. The van der Waals surface area contributed by atoms with Gasteiger partial charge in [0, 0.05) is 19.1 Å². The first kappa shape index (κ1) is 18.7. The molecule has 0 heterocycles. The fourth-order valence-electron chi connectivity index (χ4n) is 2.26. The van der Waals surface area contributed by atoms with Gasteiger partial charge in [-0.2, -0.15) is 17.4 Å². The first-order valence-corrected chi connectivity index (χ1v) is 9.30. The first-order valence-electron chi connectivity index (χ1n) is 7.48. The fourth-order valence-corrected chi connectivity index (χ4v) is 3.29. The minimum absolute atomic E-state index is 0.503. The Bertz CT molecular complexity index is 818. The summed E-state index contributed by atoms with van der Waals surface area (Å²) >= 11 is 6.08. The van der Waals surface area contributed by atoms with Gasteiger partial charge in [0.1, 0.15) is 0 Å². The SMILES string of the molecule is C/C(=C\c1ccccc1)C(NS(=O)(=O)N(C)C)c1cccc(Cl)c1. The second-order valence-electron chi connectivity index (χ2n) is 5.69. The molecule has 2 aromatic carbocycles. The van der Waals surface area contributed by atoms with E-state index in [9.17, 15) is 8.42 Å². The quantitative estimate of drug-likeness (QED) is 0.845. The van der Waals surface area contributed by atoms with Crippen molar-refractivity contribution in [3.63, 3.8) is 0 Å². The lowest BCUT2D eigenvalue weighted by Crippen LogP contribution is -2.38. The zero-order valence-electron chi connectivity index (χ0n) is 13.9. The summed E-state index contributed by atoms with van der Waals surface area (Å²) in [5.41, 5.74) is 2.66. The van der Waals surface area contributed by atoms with Crippen LogP contribution >= 0.6 is 11.6 Å². The molecule has 1 N–H and O–H groups in total. The van der Waals surface area contributed by atoms with E-state index in [2.05, 4.69) is 4.72 Å². The van der Waals surface area contributed by atoms with Gasteiger partial charge in [-0.15, -0.1) is 0 Å². The van der Waals surface area contributed by atoms with Gasteiger partial charge < -0.3 is 0 Å². The van der Waals surface area contributed by atoms with E-state index in [0.717, 1.165) is 21.0 Å². The van der Waals surface area contributed by atoms with Gasteiger partial charge >= 0.3 is 0 Å². The Morgan fingerprint density at radius 3 is 2.38 bits per heavy atom. The van der Waals surface area contributed by atoms with E-state index >= 15 is 0 Å². The molecule has 1 unspecified atom stereocenters. The summed E-state index contributed by atoms with van der Waals surface area (Å²) in [4.78, 5) is 0. The third-order valence-electron chi connectivity index (χ3n) is 3.58. The van der Waals surface area contributed by atoms with Crippen molar-refractivity contribution < 1.29 is 8.42 Å². The molecule has 0 aromatic heterocycles. The number of hydrogen-bond donors (Lipinski definition) is 1. The van der Waals surface area contributed by atoms with Crippen LogP contribution in [0, 0.1) is 0 Å². The van der Waals surface area contributed by atoms with Crippen LogP contribution in [0.2, 0.25) is 5.02 Å². The molecule has 0 aliphatic heterocycles. The number of benzene rings is 2. The van der Waals surface area contributed by atoms with E-state index in [1.54, 1.807) is 12.1 Å². The summed E-state index contributed by atoms with van der Waals surface area (Å²) in [7, 11) is -0.609. The molecule has 4 nitrogen and oxygen atoms in total. The van der Waals surface area contributed by atoms with Crippen LogP contribution in [0.5, 0.6) is 0 Å². The molecule has 0 bridgehead atoms. The van der Waals surface area contributed by atoms with Crippen LogP contribution in [-0.2, 0) is 10.2 Å². The highest BCUT2D eigenvalue weighted by molar-refractivity contribution is 7.87. The Balaban J connectivity index is 2.45. The molecule has 2 rings (SSSR count). The van der Waals surface area contributed by atoms with Gasteiger partial charge in [-0.25, -0.2) is 0 Å². The smallest absolute Gasteiger partial charge is 0.195 e. The third kappa shape index (κ3) is 4.92. The molecule has 0 spiro atoms. The lowest BCUT2D eigenvalue weighted by Gasteiger charge is -2.23. The molecule has 1 atom stereocenters. The highest BCUT2D eigenvalue weighted by atomic mass is 35.5. The van der Waals surface area contributed by atoms with E-state index in [0.29, 0.717) is 5.02 Å². The Morgan fingerprint density at radius 1 is 1.12 bits per heavy atom. The summed E-state index contributed by atoms with van der Waals surface area (Å²) in [6, 6.07) is 16.5. The van der Waals surface area contributed by atoms with Crippen LogP contribution in [0.15, 0.2) is 60.2 Å². The Morgan fingerprint density at radius 2 is 1.79 bits per heavy atom. The number of nitrogens with one attached hydrogen (secondary N) is 1. The predicted octanol–water partition coefficient (Wildman–Crippen LogP) is 3.88. The van der Waals surface area contributed by atoms with Crippen LogP contribution in [0.1, 0.15) is 24.1 Å². The maximum Gasteiger partial charge on any atom is 0.279 e. The fraction of sp³-hybridized carbons (Fsp3) is 0.222. The standard InChI is InChI=1S/C18H21ClN2O2S/c1-14(12-15-8-5-4-6-9-15)18(20-24(22,23)21(2)3)16-10-7-11-17(19)13-16/h4-13,18,20H,1-3H3/b14-12+. The number of nitrogens with zero attached hydrogens (tertiary/aromatic N) is 1. The van der Waals surface area contributed by atoms with Crippen molar-refractivity contribution in [2.45, 2.75) is 13.0 Å². The first-order chi connectivity index (χ1) is 11.3. The van der Waals surface area contributed by atoms with Crippen LogP contribution in [0.4, 0.5) is 0 Å². The van der Waals surface area contributed by atoms with Crippen molar-refractivity contribution in [3.8, 4) is 0 Å². The second kappa shape index (κ2) is 7.94. The maximum atomic E-state index is 12.3. The van der Waals surface area contributed by atoms with Gasteiger partial charge in [0.15, 0.2) is 0 Å². The molecule has 0 fully saturated rings. The van der Waals surface area contributed by atoms with Gasteiger partial charge in [-0.05, 0) is 30.2 Å². The third-order valence-corrected chi connectivity index (χ3v) is 5.31. The van der Waals surface area contributed by atoms with E-state index in [1.807, 2.05) is 55.5 Å². The Labute approximate surface area is 148 Å². The zero-order valence-corrected chi connectivity index (χ0v) is 15.5. The molecule has 128 valence electrons. The average molecular weight is 365 g/mol. The lowest BCUT2D eigenvalue weighted by atomic mass is 9.99. The normalized spacial score (nSPS) is 14.0. The molecule has 0 saturated heterocycles. The van der Waals surface area contributed by atoms with Crippen LogP contribution < -0.4 is 4.72 Å². The monoisotopic (exact) mass is 364 g/mol. The van der Waals surface area contributed by atoms with Crippen LogP contribution in [-0.4, -0.2) is 26.8 Å². The van der Waals surface area contributed by atoms with Gasteiger partial charge in [0.25, 0.3) is 10.2 Å². The van der Waals surface area contributed by atoms with E-state index in [1.165, 1.54) is 14.1 Å². The van der Waals surface area contributed by atoms with Crippen molar-refractivity contribution >= 4 is 27.9 Å². The van der Waals surface area contributed by atoms with Crippen LogP contribution in [0.25, 0.3) is 6.08 Å². The molecule has 0 amide bonds. The molecule has 2 aromatic rings. The second-order valence-corrected chi connectivity index (χ2v) is 8.04. The zero-order chi connectivity index (χ0) is 17.7. The Hall–Kier alpha value is -1.66. The predicted molar refractivity (Wildman–Crippen MR) is 100 cm³/mol. The molecule has 0 radical (unpaired) electrons. The van der Waals surface area contributed by atoms with Crippen molar-refractivity contribution in [2.75, 3.05) is 14.1 Å². The minimum atomic E-state index is -3.60. The van der Waals surface area contributed by atoms with E-state index in [4.69, 9.17) is 11.6 Å². The van der Waals surface area contributed by atoms with Gasteiger partial charge in [0.2, 0.25) is 0 Å². The van der Waals surface area contributed by atoms with Crippen LogP contribution in [0.3, 0.4) is 0 Å². The molecule has 0 aliphatic rings. The maximum absolute atomic E-state index is 12.3. The number of rotatable bonds is 6. The lowest BCUT2D eigenvalue weighted by molar-refractivity contribution is 0.497. The summed E-state index contributed by atoms with van der Waals surface area (Å²) in [6.07, 6.45) is 1.96. The van der Waals surface area contributed by atoms with E-state index in [-0.39, 0.29) is 0 Å². The van der Waals surface area contributed by atoms with E-state index < -0.39 is 16.3 Å². The molecule has 0 saturated carbocycles. The molecule has 24 heavy (non-hydrogen) atoms. The summed E-state index contributed by atoms with van der Waals surface area (Å²) < 4.78 is 28.5. The highest BCUT2D eigenvalue weighted by Gasteiger charge is 2.22. The molecular weight excluding hydrogens is 344 g/mol. The van der Waals surface area contributed by atoms with Crippen molar-refractivity contribution in [2.24, 2.45) is 0 Å². The molecule has 0 aliphatic carbocycles. The summed E-state index contributed by atoms with van der Waals surface area (Å²) in [5.74, 6) is 0. The largest absolute Gasteiger partial charge is 0.279 e. The summed E-state index contributed by atoms with van der Waals surface area (Å²) in [6.45, 7) is 1.90. The van der Waals surface area contributed by atoms with Gasteiger partial charge in [-0.1, -0.05) is 65.7 Å². The average Bonchev–Trinajstić information content (AvgIpc) is 2.53. The molecular formula is C18H21ClN2O2S. The van der Waals surface area contributed by atoms with Gasteiger partial charge in [0.05, 0.1) is 6.04 Å². The Kier molecular flexibility index (Phi) is 6.18. The van der Waals surface area contributed by atoms with Crippen molar-refractivity contribution in [1.29, 1.82) is 0 Å². The number of hydrogen-bond acceptors (Lipinski definition) is 2. The van der Waals surface area contributed by atoms with Gasteiger partial charge in [-0.3, -0.25) is 0 Å². The summed E-state index contributed by atoms with van der Waals surface area (Å²) in [5, 5.41) is 0.564. The van der Waals surface area contributed by atoms with Crippen molar-refractivity contribution in [3.05, 3.63) is 76.3 Å². The molecule has 6 heteroatoms. The number of halogens is 1. The highest BCUT2D eigenvalue weighted by Crippen LogP contribution is 2.26.